The normalized spacial score (nSPS) is 22.2. The van der Waals surface area contributed by atoms with Gasteiger partial charge in [-0.15, -0.1) is 0 Å². The first-order valence-electron chi connectivity index (χ1n) is 11.0. The second-order valence-corrected chi connectivity index (χ2v) is 10.1. The molecule has 2 unspecified atom stereocenters. The van der Waals surface area contributed by atoms with Crippen molar-refractivity contribution in [1.29, 1.82) is 0 Å². The van der Waals surface area contributed by atoms with Crippen LogP contribution in [0.3, 0.4) is 0 Å². The van der Waals surface area contributed by atoms with Crippen molar-refractivity contribution in [2.24, 2.45) is 5.92 Å². The number of amides is 1. The Labute approximate surface area is 193 Å². The summed E-state index contributed by atoms with van der Waals surface area (Å²) in [6.45, 7) is 8.52. The quantitative estimate of drug-likeness (QED) is 0.603. The molecule has 2 aromatic carbocycles. The minimum Gasteiger partial charge on any atom is -0.338 e. The topological polar surface area (TPSA) is 23.6 Å². The molecule has 169 valence electrons. The van der Waals surface area contributed by atoms with Crippen LogP contribution >= 0.6 is 11.6 Å². The van der Waals surface area contributed by atoms with E-state index in [1.807, 2.05) is 17.0 Å². The van der Waals surface area contributed by atoms with Gasteiger partial charge in [0.25, 0.3) is 0 Å². The molecule has 2 atom stereocenters. The maximum atomic E-state index is 14.7. The summed E-state index contributed by atoms with van der Waals surface area (Å²) >= 11 is 5.96. The molecule has 3 nitrogen and oxygen atoms in total. The summed E-state index contributed by atoms with van der Waals surface area (Å²) in [4.78, 5) is 17.6. The predicted molar refractivity (Wildman–Crippen MR) is 123 cm³/mol. The second-order valence-electron chi connectivity index (χ2n) is 9.64. The predicted octanol–water partition coefficient (Wildman–Crippen LogP) is 5.55. The number of benzene rings is 2. The Morgan fingerprint density at radius 1 is 1.16 bits per heavy atom. The minimum absolute atomic E-state index is 0.0286. The van der Waals surface area contributed by atoms with E-state index in [1.54, 1.807) is 6.07 Å². The van der Waals surface area contributed by atoms with Crippen LogP contribution in [0.15, 0.2) is 42.5 Å². The van der Waals surface area contributed by atoms with Crippen LogP contribution in [0.2, 0.25) is 5.02 Å². The first-order chi connectivity index (χ1) is 15.1. The molecule has 0 aromatic heterocycles. The highest BCUT2D eigenvalue weighted by Gasteiger charge is 2.44. The molecule has 0 saturated carbocycles. The molecule has 0 aliphatic carbocycles. The van der Waals surface area contributed by atoms with Crippen molar-refractivity contribution >= 4 is 23.1 Å². The van der Waals surface area contributed by atoms with Crippen molar-refractivity contribution in [3.05, 3.63) is 76.3 Å². The van der Waals surface area contributed by atoms with Crippen LogP contribution in [0.1, 0.15) is 44.2 Å². The molecular formula is C26H28ClF2N2O. The van der Waals surface area contributed by atoms with Gasteiger partial charge in [-0.3, -0.25) is 9.69 Å². The summed E-state index contributed by atoms with van der Waals surface area (Å²) in [5.41, 5.74) is 2.41. The Hall–Kier alpha value is -2.24. The lowest BCUT2D eigenvalue weighted by atomic mass is 9.87. The fraction of sp³-hybridized carbons (Fsp3) is 0.423. The van der Waals surface area contributed by atoms with E-state index in [9.17, 15) is 13.6 Å². The lowest BCUT2D eigenvalue weighted by Crippen LogP contribution is -2.43. The number of halogens is 3. The Kier molecular flexibility index (Phi) is 6.42. The molecule has 1 fully saturated rings. The van der Waals surface area contributed by atoms with Gasteiger partial charge in [0.2, 0.25) is 5.91 Å². The molecule has 1 radical (unpaired) electrons. The van der Waals surface area contributed by atoms with E-state index in [1.165, 1.54) is 12.1 Å². The van der Waals surface area contributed by atoms with E-state index in [0.717, 1.165) is 23.6 Å². The van der Waals surface area contributed by atoms with E-state index in [0.29, 0.717) is 36.8 Å². The van der Waals surface area contributed by atoms with Crippen LogP contribution in [-0.2, 0) is 4.79 Å². The van der Waals surface area contributed by atoms with Crippen molar-refractivity contribution in [3.8, 4) is 0 Å². The van der Waals surface area contributed by atoms with Crippen LogP contribution in [-0.4, -0.2) is 47.4 Å². The first kappa shape index (κ1) is 22.9. The lowest BCUT2D eigenvalue weighted by molar-refractivity contribution is -0.135. The minimum atomic E-state index is -0.604. The molecular weight excluding hydrogens is 430 g/mol. The average Bonchev–Trinajstić information content (AvgIpc) is 3.20. The molecule has 1 saturated heterocycles. The number of likely N-dealkylation sites (tertiary alicyclic amines) is 1. The van der Waals surface area contributed by atoms with Gasteiger partial charge in [0, 0.05) is 48.7 Å². The molecule has 1 amide bonds. The summed E-state index contributed by atoms with van der Waals surface area (Å²) in [7, 11) is 0. The number of hydrogen-bond donors (Lipinski definition) is 0. The zero-order valence-electron chi connectivity index (χ0n) is 18.7. The molecule has 32 heavy (non-hydrogen) atoms. The Morgan fingerprint density at radius 2 is 1.94 bits per heavy atom. The standard InChI is InChI=1S/C26H28ClF2N2O/c1-26(2,3)31-15-22(21-9-8-20(28)14-24(21)29)23(16-31)25(32)30-12-10-18(11-13-30)17-4-6-19(27)7-5-17/h4,6-10,14,22-23H,11-13,15-16H2,1-3H3. The highest BCUT2D eigenvalue weighted by Crippen LogP contribution is 2.39. The van der Waals surface area contributed by atoms with Crippen LogP contribution in [0, 0.1) is 23.6 Å². The van der Waals surface area contributed by atoms with Gasteiger partial charge in [0.1, 0.15) is 11.6 Å². The number of rotatable bonds is 3. The molecule has 6 heteroatoms. The van der Waals surface area contributed by atoms with E-state index >= 15 is 0 Å². The zero-order valence-corrected chi connectivity index (χ0v) is 19.4. The van der Waals surface area contributed by atoms with Crippen LogP contribution < -0.4 is 0 Å². The molecule has 2 aliphatic heterocycles. The second kappa shape index (κ2) is 8.95. The number of hydrogen-bond acceptors (Lipinski definition) is 2. The van der Waals surface area contributed by atoms with Gasteiger partial charge in [0.15, 0.2) is 0 Å². The van der Waals surface area contributed by atoms with Crippen molar-refractivity contribution in [1.82, 2.24) is 9.80 Å². The average molecular weight is 458 g/mol. The van der Waals surface area contributed by atoms with Gasteiger partial charge >= 0.3 is 0 Å². The fourth-order valence-corrected chi connectivity index (χ4v) is 4.79. The van der Waals surface area contributed by atoms with Gasteiger partial charge in [-0.25, -0.2) is 8.78 Å². The lowest BCUT2D eigenvalue weighted by Gasteiger charge is -2.32. The van der Waals surface area contributed by atoms with Gasteiger partial charge in [0.05, 0.1) is 5.92 Å². The van der Waals surface area contributed by atoms with Crippen molar-refractivity contribution in [3.63, 3.8) is 0 Å². The van der Waals surface area contributed by atoms with Crippen LogP contribution in [0.25, 0.3) is 5.57 Å². The third-order valence-corrected chi connectivity index (χ3v) is 6.82. The van der Waals surface area contributed by atoms with Crippen LogP contribution in [0.5, 0.6) is 0 Å². The van der Waals surface area contributed by atoms with E-state index < -0.39 is 11.6 Å². The maximum Gasteiger partial charge on any atom is 0.227 e. The van der Waals surface area contributed by atoms with E-state index in [2.05, 4.69) is 37.8 Å². The largest absolute Gasteiger partial charge is 0.338 e. The summed E-state index contributed by atoms with van der Waals surface area (Å²) in [5.74, 6) is -1.83. The molecule has 0 bridgehead atoms. The molecule has 2 aliphatic rings. The molecule has 2 aromatic rings. The van der Waals surface area contributed by atoms with Crippen molar-refractivity contribution in [2.45, 2.75) is 38.6 Å². The SMILES string of the molecule is CC(C)(C)N1CC(C(=O)N2CC=C(c3[c]cc(Cl)cc3)CC2)C(c2ccc(F)cc2F)C1. The summed E-state index contributed by atoms with van der Waals surface area (Å²) in [6, 6.07) is 12.4. The highest BCUT2D eigenvalue weighted by molar-refractivity contribution is 6.30. The fourth-order valence-electron chi connectivity index (χ4n) is 4.67. The summed E-state index contributed by atoms with van der Waals surface area (Å²) in [5, 5.41) is 0.644. The Bertz CT molecular complexity index is 1030. The maximum absolute atomic E-state index is 14.7. The van der Waals surface area contributed by atoms with Gasteiger partial charge in [-0.05, 0) is 68.2 Å². The van der Waals surface area contributed by atoms with E-state index in [-0.39, 0.29) is 23.3 Å². The molecule has 4 rings (SSSR count). The first-order valence-corrected chi connectivity index (χ1v) is 11.4. The number of carbonyl (C=O) groups is 1. The van der Waals surface area contributed by atoms with Gasteiger partial charge < -0.3 is 4.90 Å². The third kappa shape index (κ3) is 4.74. The number of nitrogens with zero attached hydrogens (tertiary/aromatic N) is 2. The Morgan fingerprint density at radius 3 is 2.53 bits per heavy atom. The van der Waals surface area contributed by atoms with Crippen molar-refractivity contribution in [2.75, 3.05) is 26.2 Å². The zero-order chi connectivity index (χ0) is 23.0. The summed E-state index contributed by atoms with van der Waals surface area (Å²) in [6.07, 6.45) is 2.79. The van der Waals surface area contributed by atoms with Crippen LogP contribution in [0.4, 0.5) is 8.78 Å². The van der Waals surface area contributed by atoms with Crippen molar-refractivity contribution < 1.29 is 13.6 Å². The molecule has 0 spiro atoms. The summed E-state index contributed by atoms with van der Waals surface area (Å²) < 4.78 is 28.2. The van der Waals surface area contributed by atoms with Gasteiger partial charge in [-0.1, -0.05) is 29.8 Å². The Balaban J connectivity index is 1.55. The molecule has 2 heterocycles. The third-order valence-electron chi connectivity index (χ3n) is 6.59. The van der Waals surface area contributed by atoms with Gasteiger partial charge in [-0.2, -0.15) is 0 Å². The molecule has 0 N–H and O–H groups in total. The number of carbonyl (C=O) groups excluding carboxylic acids is 1. The monoisotopic (exact) mass is 457 g/mol. The van der Waals surface area contributed by atoms with E-state index in [4.69, 9.17) is 11.6 Å². The highest BCUT2D eigenvalue weighted by atomic mass is 35.5. The smallest absolute Gasteiger partial charge is 0.227 e.